The number of rotatable bonds is 2. The van der Waals surface area contributed by atoms with Gasteiger partial charge in [-0.2, -0.15) is 0 Å². The van der Waals surface area contributed by atoms with Crippen LogP contribution in [-0.2, 0) is 9.47 Å². The van der Waals surface area contributed by atoms with Crippen LogP contribution in [0.15, 0.2) is 48.5 Å². The van der Waals surface area contributed by atoms with Crippen molar-refractivity contribution < 1.29 is 19.1 Å². The van der Waals surface area contributed by atoms with E-state index in [4.69, 9.17) is 9.47 Å². The highest BCUT2D eigenvalue weighted by molar-refractivity contribution is 5.79. The van der Waals surface area contributed by atoms with Gasteiger partial charge in [-0.25, -0.2) is 20.0 Å². The van der Waals surface area contributed by atoms with Gasteiger partial charge >= 0.3 is 12.2 Å². The number of ether oxygens (including phenoxy) is 2. The van der Waals surface area contributed by atoms with Crippen molar-refractivity contribution in [2.45, 2.75) is 32.3 Å². The van der Waals surface area contributed by atoms with Gasteiger partial charge in [0.05, 0.1) is 0 Å². The van der Waals surface area contributed by atoms with Gasteiger partial charge in [0.15, 0.2) is 0 Å². The Labute approximate surface area is 159 Å². The van der Waals surface area contributed by atoms with Crippen LogP contribution < -0.4 is 5.43 Å². The standard InChI is InChI=1S/C21H24N2O4/c1-21(2,3)27-20(25)23(4)22-19(24)26-13-18-16-11-7-5-9-14(16)15-10-6-8-12-17(15)18/h5-12,18H,13H2,1-4H3,(H,22,24). The molecule has 0 spiro atoms. The lowest BCUT2D eigenvalue weighted by molar-refractivity contribution is 0.0184. The van der Waals surface area contributed by atoms with Crippen molar-refractivity contribution in [3.05, 3.63) is 59.7 Å². The number of amides is 2. The normalized spacial score (nSPS) is 12.7. The number of nitrogens with one attached hydrogen (secondary N) is 1. The van der Waals surface area contributed by atoms with E-state index in [0.717, 1.165) is 27.3 Å². The molecule has 6 nitrogen and oxygen atoms in total. The van der Waals surface area contributed by atoms with Crippen molar-refractivity contribution in [3.8, 4) is 11.1 Å². The Balaban J connectivity index is 1.63. The highest BCUT2D eigenvalue weighted by atomic mass is 16.6. The molecular formula is C21H24N2O4. The second kappa shape index (κ2) is 7.31. The van der Waals surface area contributed by atoms with Gasteiger partial charge < -0.3 is 9.47 Å². The fourth-order valence-electron chi connectivity index (χ4n) is 3.14. The van der Waals surface area contributed by atoms with Crippen LogP contribution >= 0.6 is 0 Å². The molecule has 0 unspecified atom stereocenters. The van der Waals surface area contributed by atoms with E-state index in [9.17, 15) is 9.59 Å². The molecule has 0 radical (unpaired) electrons. The van der Waals surface area contributed by atoms with Gasteiger partial charge in [0.25, 0.3) is 0 Å². The molecule has 1 N–H and O–H groups in total. The van der Waals surface area contributed by atoms with Gasteiger partial charge in [0, 0.05) is 13.0 Å². The van der Waals surface area contributed by atoms with Gasteiger partial charge in [-0.15, -0.1) is 0 Å². The predicted octanol–water partition coefficient (Wildman–Crippen LogP) is 4.31. The van der Waals surface area contributed by atoms with E-state index in [0.29, 0.717) is 0 Å². The second-order valence-corrected chi connectivity index (χ2v) is 7.48. The maximum atomic E-state index is 12.1. The molecular weight excluding hydrogens is 344 g/mol. The van der Waals surface area contributed by atoms with Crippen molar-refractivity contribution >= 4 is 12.2 Å². The summed E-state index contributed by atoms with van der Waals surface area (Å²) in [5, 5.41) is 0.976. The fourth-order valence-corrected chi connectivity index (χ4v) is 3.14. The molecule has 142 valence electrons. The Bertz CT molecular complexity index is 812. The van der Waals surface area contributed by atoms with Crippen LogP contribution in [0.3, 0.4) is 0 Å². The lowest BCUT2D eigenvalue weighted by Crippen LogP contribution is -2.46. The highest BCUT2D eigenvalue weighted by Gasteiger charge is 2.29. The molecule has 0 atom stereocenters. The Morgan fingerprint density at radius 3 is 2.04 bits per heavy atom. The summed E-state index contributed by atoms with van der Waals surface area (Å²) < 4.78 is 10.6. The Morgan fingerprint density at radius 2 is 1.52 bits per heavy atom. The van der Waals surface area contributed by atoms with Crippen LogP contribution in [0.4, 0.5) is 9.59 Å². The molecule has 27 heavy (non-hydrogen) atoms. The van der Waals surface area contributed by atoms with E-state index < -0.39 is 17.8 Å². The minimum absolute atomic E-state index is 0.0324. The first-order valence-electron chi connectivity index (χ1n) is 8.84. The Morgan fingerprint density at radius 1 is 1.00 bits per heavy atom. The van der Waals surface area contributed by atoms with Crippen LogP contribution in [0.2, 0.25) is 0 Å². The van der Waals surface area contributed by atoms with Gasteiger partial charge in [0.1, 0.15) is 12.2 Å². The monoisotopic (exact) mass is 368 g/mol. The molecule has 1 aliphatic carbocycles. The van der Waals surface area contributed by atoms with E-state index in [-0.39, 0.29) is 12.5 Å². The highest BCUT2D eigenvalue weighted by Crippen LogP contribution is 2.44. The lowest BCUT2D eigenvalue weighted by Gasteiger charge is -2.24. The van der Waals surface area contributed by atoms with Gasteiger partial charge in [-0.1, -0.05) is 48.5 Å². The van der Waals surface area contributed by atoms with Crippen LogP contribution in [-0.4, -0.2) is 36.5 Å². The molecule has 1 aliphatic rings. The average molecular weight is 368 g/mol. The summed E-state index contributed by atoms with van der Waals surface area (Å²) >= 11 is 0. The number of carbonyl (C=O) groups excluding carboxylic acids is 2. The third-order valence-electron chi connectivity index (χ3n) is 4.27. The summed E-state index contributed by atoms with van der Waals surface area (Å²) in [6, 6.07) is 16.2. The molecule has 0 saturated heterocycles. The van der Waals surface area contributed by atoms with Crippen molar-refractivity contribution in [3.63, 3.8) is 0 Å². The van der Waals surface area contributed by atoms with Crippen LogP contribution in [0.1, 0.15) is 37.8 Å². The van der Waals surface area contributed by atoms with E-state index in [2.05, 4.69) is 17.6 Å². The number of fused-ring (bicyclic) bond motifs is 3. The SMILES string of the molecule is CN(NC(=O)OCC1c2ccccc2-c2ccccc21)C(=O)OC(C)(C)C. The van der Waals surface area contributed by atoms with E-state index >= 15 is 0 Å². The maximum Gasteiger partial charge on any atom is 0.429 e. The molecule has 0 fully saturated rings. The zero-order valence-electron chi connectivity index (χ0n) is 16.0. The fraction of sp³-hybridized carbons (Fsp3) is 0.333. The summed E-state index contributed by atoms with van der Waals surface area (Å²) in [6.07, 6.45) is -1.36. The van der Waals surface area contributed by atoms with E-state index in [1.165, 1.54) is 7.05 Å². The van der Waals surface area contributed by atoms with E-state index in [1.54, 1.807) is 20.8 Å². The first-order chi connectivity index (χ1) is 12.8. The molecule has 0 saturated carbocycles. The number of hydrogen-bond acceptors (Lipinski definition) is 4. The summed E-state index contributed by atoms with van der Waals surface area (Å²) in [7, 11) is 1.41. The smallest absolute Gasteiger partial charge is 0.429 e. The first kappa shape index (κ1) is 18.8. The van der Waals surface area contributed by atoms with Crippen LogP contribution in [0, 0.1) is 0 Å². The maximum absolute atomic E-state index is 12.1. The Hall–Kier alpha value is -3.02. The van der Waals surface area contributed by atoms with Crippen molar-refractivity contribution in [2.24, 2.45) is 0 Å². The van der Waals surface area contributed by atoms with Crippen LogP contribution in [0.25, 0.3) is 11.1 Å². The summed E-state index contributed by atoms with van der Waals surface area (Å²) in [6.45, 7) is 5.45. The molecule has 0 aliphatic heterocycles. The zero-order valence-corrected chi connectivity index (χ0v) is 16.0. The van der Waals surface area contributed by atoms with Gasteiger partial charge in [0.2, 0.25) is 0 Å². The molecule has 2 amide bonds. The summed E-state index contributed by atoms with van der Waals surface area (Å²) in [5.74, 6) is -0.0324. The molecule has 2 aromatic rings. The number of hydrogen-bond donors (Lipinski definition) is 1. The zero-order chi connectivity index (χ0) is 19.6. The third-order valence-corrected chi connectivity index (χ3v) is 4.27. The lowest BCUT2D eigenvalue weighted by atomic mass is 9.98. The van der Waals surface area contributed by atoms with Crippen molar-refractivity contribution in [1.29, 1.82) is 0 Å². The largest absolute Gasteiger partial charge is 0.447 e. The first-order valence-corrected chi connectivity index (χ1v) is 8.84. The minimum Gasteiger partial charge on any atom is -0.447 e. The van der Waals surface area contributed by atoms with E-state index in [1.807, 2.05) is 36.4 Å². The molecule has 3 rings (SSSR count). The molecule has 0 heterocycles. The van der Waals surface area contributed by atoms with Crippen LogP contribution in [0.5, 0.6) is 0 Å². The molecule has 6 heteroatoms. The molecule has 2 aromatic carbocycles. The number of nitrogens with zero attached hydrogens (tertiary/aromatic N) is 1. The van der Waals surface area contributed by atoms with Crippen molar-refractivity contribution in [1.82, 2.24) is 10.4 Å². The minimum atomic E-state index is -0.703. The second-order valence-electron chi connectivity index (χ2n) is 7.48. The van der Waals surface area contributed by atoms with Crippen molar-refractivity contribution in [2.75, 3.05) is 13.7 Å². The number of carbonyl (C=O) groups is 2. The molecule has 0 aromatic heterocycles. The predicted molar refractivity (Wildman–Crippen MR) is 102 cm³/mol. The molecule has 0 bridgehead atoms. The third kappa shape index (κ3) is 4.22. The van der Waals surface area contributed by atoms with Gasteiger partial charge in [-0.05, 0) is 43.0 Å². The van der Waals surface area contributed by atoms with Gasteiger partial charge in [-0.3, -0.25) is 0 Å². The average Bonchev–Trinajstić information content (AvgIpc) is 2.92. The Kier molecular flexibility index (Phi) is 5.08. The number of benzene rings is 2. The number of hydrazine groups is 1. The topological polar surface area (TPSA) is 67.9 Å². The summed E-state index contributed by atoms with van der Waals surface area (Å²) in [5.41, 5.74) is 6.31. The quantitative estimate of drug-likeness (QED) is 0.802. The summed E-state index contributed by atoms with van der Waals surface area (Å²) in [4.78, 5) is 24.0.